The highest BCUT2D eigenvalue weighted by Crippen LogP contribution is 2.21. The summed E-state index contributed by atoms with van der Waals surface area (Å²) in [6, 6.07) is 0.754. The standard InChI is InChI=1S/C13H27N3O/c1-2-14-9-13(17)11-15-6-4-8-16-7-3-5-12(16)10-15/h12-14,17H,2-11H2,1H3. The van der Waals surface area contributed by atoms with Crippen molar-refractivity contribution in [1.29, 1.82) is 0 Å². The molecule has 0 amide bonds. The first-order valence-corrected chi connectivity index (χ1v) is 7.14. The highest BCUT2D eigenvalue weighted by Gasteiger charge is 2.29. The highest BCUT2D eigenvalue weighted by molar-refractivity contribution is 4.85. The molecule has 2 rings (SSSR count). The van der Waals surface area contributed by atoms with Crippen molar-refractivity contribution in [2.24, 2.45) is 0 Å². The number of likely N-dealkylation sites (N-methyl/N-ethyl adjacent to an activating group) is 1. The number of hydrogen-bond donors (Lipinski definition) is 2. The number of nitrogens with one attached hydrogen (secondary N) is 1. The molecule has 0 aromatic carbocycles. The summed E-state index contributed by atoms with van der Waals surface area (Å²) in [5.41, 5.74) is 0. The predicted octanol–water partition coefficient (Wildman–Crippen LogP) is 0.127. The molecule has 2 unspecified atom stereocenters. The molecule has 4 heteroatoms. The lowest BCUT2D eigenvalue weighted by Gasteiger charge is -2.27. The molecular weight excluding hydrogens is 214 g/mol. The van der Waals surface area contributed by atoms with E-state index in [1.165, 1.54) is 32.4 Å². The lowest BCUT2D eigenvalue weighted by molar-refractivity contribution is 0.107. The van der Waals surface area contributed by atoms with Crippen molar-refractivity contribution >= 4 is 0 Å². The van der Waals surface area contributed by atoms with Gasteiger partial charge in [-0.2, -0.15) is 0 Å². The van der Waals surface area contributed by atoms with Crippen molar-refractivity contribution in [3.63, 3.8) is 0 Å². The zero-order valence-electron chi connectivity index (χ0n) is 11.1. The first-order valence-electron chi connectivity index (χ1n) is 7.14. The molecule has 2 atom stereocenters. The van der Waals surface area contributed by atoms with Crippen LogP contribution in [0.4, 0.5) is 0 Å². The lowest BCUT2D eigenvalue weighted by Crippen LogP contribution is -2.42. The number of nitrogens with zero attached hydrogens (tertiary/aromatic N) is 2. The summed E-state index contributed by atoms with van der Waals surface area (Å²) in [4.78, 5) is 5.09. The van der Waals surface area contributed by atoms with Crippen molar-refractivity contribution in [3.8, 4) is 0 Å². The van der Waals surface area contributed by atoms with Crippen LogP contribution in [-0.2, 0) is 0 Å². The molecule has 2 heterocycles. The normalized spacial score (nSPS) is 28.9. The molecule has 0 aromatic rings. The maximum atomic E-state index is 9.95. The van der Waals surface area contributed by atoms with Crippen LogP contribution in [-0.4, -0.2) is 72.9 Å². The number of aliphatic hydroxyl groups is 1. The van der Waals surface area contributed by atoms with E-state index in [0.29, 0.717) is 0 Å². The Bertz CT molecular complexity index is 225. The van der Waals surface area contributed by atoms with Crippen LogP contribution in [0.5, 0.6) is 0 Å². The largest absolute Gasteiger partial charge is 0.390 e. The molecule has 100 valence electrons. The molecule has 4 nitrogen and oxygen atoms in total. The summed E-state index contributed by atoms with van der Waals surface area (Å²) in [6.45, 7) is 9.42. The van der Waals surface area contributed by atoms with Crippen LogP contribution in [0.1, 0.15) is 26.2 Å². The van der Waals surface area contributed by atoms with Crippen LogP contribution in [0.15, 0.2) is 0 Å². The Labute approximate surface area is 105 Å². The molecule has 2 aliphatic rings. The van der Waals surface area contributed by atoms with E-state index in [4.69, 9.17) is 0 Å². The van der Waals surface area contributed by atoms with E-state index in [-0.39, 0.29) is 6.10 Å². The van der Waals surface area contributed by atoms with E-state index in [0.717, 1.165) is 38.8 Å². The second-order valence-corrected chi connectivity index (χ2v) is 5.41. The second-order valence-electron chi connectivity index (χ2n) is 5.41. The van der Waals surface area contributed by atoms with Crippen LogP contribution >= 0.6 is 0 Å². The Morgan fingerprint density at radius 2 is 2.12 bits per heavy atom. The van der Waals surface area contributed by atoms with Gasteiger partial charge in [-0.05, 0) is 45.4 Å². The fourth-order valence-corrected chi connectivity index (χ4v) is 3.12. The molecule has 2 fully saturated rings. The van der Waals surface area contributed by atoms with Gasteiger partial charge in [0.05, 0.1) is 6.10 Å². The summed E-state index contributed by atoms with van der Waals surface area (Å²) in [5.74, 6) is 0. The van der Waals surface area contributed by atoms with Crippen molar-refractivity contribution in [3.05, 3.63) is 0 Å². The molecule has 0 bridgehead atoms. The van der Waals surface area contributed by atoms with Crippen LogP contribution in [0.2, 0.25) is 0 Å². The topological polar surface area (TPSA) is 38.7 Å². The molecule has 2 N–H and O–H groups in total. The second kappa shape index (κ2) is 6.69. The molecular formula is C13H27N3O. The minimum atomic E-state index is -0.220. The Morgan fingerprint density at radius 1 is 1.29 bits per heavy atom. The van der Waals surface area contributed by atoms with E-state index >= 15 is 0 Å². The van der Waals surface area contributed by atoms with Gasteiger partial charge in [-0.3, -0.25) is 9.80 Å². The third-order valence-corrected chi connectivity index (χ3v) is 3.99. The van der Waals surface area contributed by atoms with E-state index in [2.05, 4.69) is 22.0 Å². The average molecular weight is 241 g/mol. The molecule has 0 spiro atoms. The van der Waals surface area contributed by atoms with Crippen molar-refractivity contribution in [1.82, 2.24) is 15.1 Å². The number of rotatable bonds is 5. The maximum Gasteiger partial charge on any atom is 0.0791 e. The average Bonchev–Trinajstić information content (AvgIpc) is 2.66. The van der Waals surface area contributed by atoms with Gasteiger partial charge in [-0.15, -0.1) is 0 Å². The lowest BCUT2D eigenvalue weighted by atomic mass is 10.2. The SMILES string of the molecule is CCNCC(O)CN1CCCN2CCCC2C1. The first kappa shape index (κ1) is 13.3. The van der Waals surface area contributed by atoms with Gasteiger partial charge in [0, 0.05) is 25.7 Å². The van der Waals surface area contributed by atoms with Crippen molar-refractivity contribution < 1.29 is 5.11 Å². The maximum absolute atomic E-state index is 9.95. The number of β-amino-alcohol motifs (C(OH)–C–C–N with tert-alkyl or cyclic N) is 1. The molecule has 2 saturated heterocycles. The van der Waals surface area contributed by atoms with Gasteiger partial charge < -0.3 is 10.4 Å². The monoisotopic (exact) mass is 241 g/mol. The summed E-state index contributed by atoms with van der Waals surface area (Å²) in [7, 11) is 0. The Morgan fingerprint density at radius 3 is 2.94 bits per heavy atom. The number of aliphatic hydroxyl groups excluding tert-OH is 1. The van der Waals surface area contributed by atoms with Gasteiger partial charge >= 0.3 is 0 Å². The predicted molar refractivity (Wildman–Crippen MR) is 70.2 cm³/mol. The molecule has 0 aliphatic carbocycles. The fraction of sp³-hybridized carbons (Fsp3) is 1.00. The Balaban J connectivity index is 1.76. The smallest absolute Gasteiger partial charge is 0.0791 e. The van der Waals surface area contributed by atoms with Crippen molar-refractivity contribution in [2.75, 3.05) is 45.8 Å². The third kappa shape index (κ3) is 3.91. The molecule has 0 radical (unpaired) electrons. The summed E-state index contributed by atoms with van der Waals surface area (Å²) >= 11 is 0. The minimum Gasteiger partial charge on any atom is -0.390 e. The van der Waals surface area contributed by atoms with Gasteiger partial charge in [0.15, 0.2) is 0 Å². The van der Waals surface area contributed by atoms with E-state index in [9.17, 15) is 5.11 Å². The molecule has 17 heavy (non-hydrogen) atoms. The molecule has 2 aliphatic heterocycles. The number of fused-ring (bicyclic) bond motifs is 1. The highest BCUT2D eigenvalue weighted by atomic mass is 16.3. The Kier molecular flexibility index (Phi) is 5.22. The van der Waals surface area contributed by atoms with Crippen LogP contribution in [0, 0.1) is 0 Å². The quantitative estimate of drug-likeness (QED) is 0.717. The van der Waals surface area contributed by atoms with Gasteiger partial charge in [-0.1, -0.05) is 6.92 Å². The van der Waals surface area contributed by atoms with Crippen LogP contribution in [0.25, 0.3) is 0 Å². The molecule has 0 aromatic heterocycles. The van der Waals surface area contributed by atoms with E-state index < -0.39 is 0 Å². The summed E-state index contributed by atoms with van der Waals surface area (Å²) in [6.07, 6.45) is 3.74. The zero-order chi connectivity index (χ0) is 12.1. The van der Waals surface area contributed by atoms with E-state index in [1.807, 2.05) is 0 Å². The first-order chi connectivity index (χ1) is 8.29. The molecule has 0 saturated carbocycles. The summed E-state index contributed by atoms with van der Waals surface area (Å²) < 4.78 is 0. The van der Waals surface area contributed by atoms with Crippen molar-refractivity contribution in [2.45, 2.75) is 38.3 Å². The Hall–Kier alpha value is -0.160. The third-order valence-electron chi connectivity index (χ3n) is 3.99. The van der Waals surface area contributed by atoms with Gasteiger partial charge in [-0.25, -0.2) is 0 Å². The van der Waals surface area contributed by atoms with Gasteiger partial charge in [0.2, 0.25) is 0 Å². The number of hydrogen-bond acceptors (Lipinski definition) is 4. The van der Waals surface area contributed by atoms with Gasteiger partial charge in [0.1, 0.15) is 0 Å². The zero-order valence-corrected chi connectivity index (χ0v) is 11.1. The minimum absolute atomic E-state index is 0.220. The fourth-order valence-electron chi connectivity index (χ4n) is 3.12. The van der Waals surface area contributed by atoms with Gasteiger partial charge in [0.25, 0.3) is 0 Å². The van der Waals surface area contributed by atoms with E-state index in [1.54, 1.807) is 0 Å². The summed E-state index contributed by atoms with van der Waals surface area (Å²) in [5, 5.41) is 13.2. The van der Waals surface area contributed by atoms with Crippen LogP contribution in [0.3, 0.4) is 0 Å². The van der Waals surface area contributed by atoms with Crippen LogP contribution < -0.4 is 5.32 Å².